The normalized spacial score (nSPS) is 16.8. The van der Waals surface area contributed by atoms with E-state index in [2.05, 4.69) is 44.7 Å². The summed E-state index contributed by atoms with van der Waals surface area (Å²) >= 11 is 1.73. The molecule has 2 heterocycles. The lowest BCUT2D eigenvalue weighted by atomic mass is 10.2. The number of aliphatic imine (C=N–C) groups is 1. The number of aryl methyl sites for hydroxylation is 1. The molecule has 1 aliphatic heterocycles. The van der Waals surface area contributed by atoms with Gasteiger partial charge in [0.05, 0.1) is 17.2 Å². The highest BCUT2D eigenvalue weighted by Gasteiger charge is 2.08. The molecule has 0 radical (unpaired) electrons. The van der Waals surface area contributed by atoms with Crippen molar-refractivity contribution < 1.29 is 0 Å². The number of guanidine groups is 1. The van der Waals surface area contributed by atoms with Gasteiger partial charge in [0.15, 0.2) is 5.96 Å². The molecule has 1 aromatic rings. The summed E-state index contributed by atoms with van der Waals surface area (Å²) in [6, 6.07) is 0. The van der Waals surface area contributed by atoms with E-state index in [1.54, 1.807) is 11.3 Å². The average Bonchev–Trinajstić information content (AvgIpc) is 2.91. The fraction of sp³-hybridized carbons (Fsp3) is 0.778. The molecule has 0 aliphatic carbocycles. The molecule has 1 saturated heterocycles. The van der Waals surface area contributed by atoms with Crippen LogP contribution in [0.3, 0.4) is 0 Å². The van der Waals surface area contributed by atoms with Crippen LogP contribution in [-0.2, 0) is 13.0 Å². The van der Waals surface area contributed by atoms with Crippen molar-refractivity contribution in [2.45, 2.75) is 58.9 Å². The van der Waals surface area contributed by atoms with E-state index < -0.39 is 0 Å². The Morgan fingerprint density at radius 1 is 1.21 bits per heavy atom. The predicted molar refractivity (Wildman–Crippen MR) is 104 cm³/mol. The maximum Gasteiger partial charge on any atom is 0.191 e. The molecule has 6 heteroatoms. The second kappa shape index (κ2) is 11.4. The number of aromatic nitrogens is 1. The molecule has 2 N–H and O–H groups in total. The van der Waals surface area contributed by atoms with E-state index in [0.717, 1.165) is 31.2 Å². The van der Waals surface area contributed by atoms with Crippen molar-refractivity contribution in [2.24, 2.45) is 4.99 Å². The van der Waals surface area contributed by atoms with Crippen LogP contribution in [0.5, 0.6) is 0 Å². The Labute approximate surface area is 151 Å². The Kier molecular flexibility index (Phi) is 9.13. The molecule has 2 rings (SSSR count). The zero-order valence-corrected chi connectivity index (χ0v) is 16.1. The van der Waals surface area contributed by atoms with Gasteiger partial charge in [-0.15, -0.1) is 11.3 Å². The SMILES string of the molecule is CCNC(=NCc1csc(CC)n1)NCCCN1CCCCCC1. The van der Waals surface area contributed by atoms with Crippen molar-refractivity contribution in [3.05, 3.63) is 16.1 Å². The van der Waals surface area contributed by atoms with Crippen LogP contribution in [0, 0.1) is 0 Å². The number of nitrogens with one attached hydrogen (secondary N) is 2. The van der Waals surface area contributed by atoms with E-state index in [9.17, 15) is 0 Å². The highest BCUT2D eigenvalue weighted by atomic mass is 32.1. The maximum absolute atomic E-state index is 4.66. The van der Waals surface area contributed by atoms with Gasteiger partial charge < -0.3 is 15.5 Å². The van der Waals surface area contributed by atoms with Gasteiger partial charge in [0, 0.05) is 18.5 Å². The van der Waals surface area contributed by atoms with Crippen molar-refractivity contribution >= 4 is 17.3 Å². The van der Waals surface area contributed by atoms with Gasteiger partial charge >= 0.3 is 0 Å². The van der Waals surface area contributed by atoms with E-state index in [4.69, 9.17) is 0 Å². The van der Waals surface area contributed by atoms with Crippen LogP contribution in [0.1, 0.15) is 56.7 Å². The zero-order chi connectivity index (χ0) is 17.0. The van der Waals surface area contributed by atoms with Gasteiger partial charge in [0.2, 0.25) is 0 Å². The van der Waals surface area contributed by atoms with Gasteiger partial charge in [-0.3, -0.25) is 0 Å². The van der Waals surface area contributed by atoms with E-state index in [0.29, 0.717) is 6.54 Å². The second-order valence-electron chi connectivity index (χ2n) is 6.32. The minimum atomic E-state index is 0.651. The van der Waals surface area contributed by atoms with E-state index in [-0.39, 0.29) is 0 Å². The molecular weight excluding hydrogens is 318 g/mol. The Morgan fingerprint density at radius 3 is 2.67 bits per heavy atom. The fourth-order valence-electron chi connectivity index (χ4n) is 2.95. The van der Waals surface area contributed by atoms with Crippen molar-refractivity contribution in [1.29, 1.82) is 0 Å². The first-order chi connectivity index (χ1) is 11.8. The van der Waals surface area contributed by atoms with Crippen LogP contribution in [-0.4, -0.2) is 48.6 Å². The third-order valence-corrected chi connectivity index (χ3v) is 5.33. The Morgan fingerprint density at radius 2 is 2.00 bits per heavy atom. The Hall–Kier alpha value is -1.14. The highest BCUT2D eigenvalue weighted by molar-refractivity contribution is 7.09. The molecule has 136 valence electrons. The number of rotatable bonds is 8. The molecule has 1 fully saturated rings. The van der Waals surface area contributed by atoms with Gasteiger partial charge in [0.25, 0.3) is 0 Å². The van der Waals surface area contributed by atoms with Crippen molar-refractivity contribution in [3.8, 4) is 0 Å². The maximum atomic E-state index is 4.66. The number of hydrogen-bond acceptors (Lipinski definition) is 4. The molecular formula is C18H33N5S. The van der Waals surface area contributed by atoms with E-state index in [1.807, 2.05) is 0 Å². The Bertz CT molecular complexity index is 478. The summed E-state index contributed by atoms with van der Waals surface area (Å²) in [4.78, 5) is 11.8. The van der Waals surface area contributed by atoms with Crippen LogP contribution < -0.4 is 10.6 Å². The van der Waals surface area contributed by atoms with Crippen LogP contribution in [0.25, 0.3) is 0 Å². The third kappa shape index (κ3) is 7.18. The molecule has 0 unspecified atom stereocenters. The summed E-state index contributed by atoms with van der Waals surface area (Å²) in [5.41, 5.74) is 1.07. The molecule has 1 aromatic heterocycles. The summed E-state index contributed by atoms with van der Waals surface area (Å²) < 4.78 is 0. The lowest BCUT2D eigenvalue weighted by Gasteiger charge is -2.20. The van der Waals surface area contributed by atoms with Crippen LogP contribution in [0.15, 0.2) is 10.4 Å². The number of likely N-dealkylation sites (tertiary alicyclic amines) is 1. The summed E-state index contributed by atoms with van der Waals surface area (Å²) in [6.45, 7) is 10.5. The standard InChI is InChI=1S/C18H33N5S/c1-3-17-22-16(15-24-17)14-21-18(19-4-2)20-10-9-13-23-11-7-5-6-8-12-23/h15H,3-14H2,1-2H3,(H2,19,20,21). The fourth-order valence-corrected chi connectivity index (χ4v) is 3.69. The summed E-state index contributed by atoms with van der Waals surface area (Å²) in [5, 5.41) is 10.1. The number of thiazole rings is 1. The van der Waals surface area contributed by atoms with Crippen molar-refractivity contribution in [1.82, 2.24) is 20.5 Å². The lowest BCUT2D eigenvalue weighted by Crippen LogP contribution is -2.39. The molecule has 24 heavy (non-hydrogen) atoms. The van der Waals surface area contributed by atoms with Gasteiger partial charge in [-0.05, 0) is 52.2 Å². The third-order valence-electron chi connectivity index (χ3n) is 4.29. The smallest absolute Gasteiger partial charge is 0.191 e. The summed E-state index contributed by atoms with van der Waals surface area (Å²) in [7, 11) is 0. The minimum Gasteiger partial charge on any atom is -0.357 e. The van der Waals surface area contributed by atoms with Crippen molar-refractivity contribution in [2.75, 3.05) is 32.7 Å². The molecule has 0 atom stereocenters. The first-order valence-corrected chi connectivity index (χ1v) is 10.4. The lowest BCUT2D eigenvalue weighted by molar-refractivity contribution is 0.282. The van der Waals surface area contributed by atoms with E-state index >= 15 is 0 Å². The molecule has 0 saturated carbocycles. The van der Waals surface area contributed by atoms with Crippen LogP contribution >= 0.6 is 11.3 Å². The van der Waals surface area contributed by atoms with Gasteiger partial charge in [-0.1, -0.05) is 19.8 Å². The zero-order valence-electron chi connectivity index (χ0n) is 15.3. The van der Waals surface area contributed by atoms with E-state index in [1.165, 1.54) is 56.7 Å². The summed E-state index contributed by atoms with van der Waals surface area (Å²) in [6.07, 6.45) is 7.71. The molecule has 0 aromatic carbocycles. The molecule has 0 spiro atoms. The second-order valence-corrected chi connectivity index (χ2v) is 7.26. The Balaban J connectivity index is 1.70. The highest BCUT2D eigenvalue weighted by Crippen LogP contribution is 2.11. The number of hydrogen-bond donors (Lipinski definition) is 2. The molecule has 1 aliphatic rings. The van der Waals surface area contributed by atoms with Gasteiger partial charge in [-0.2, -0.15) is 0 Å². The minimum absolute atomic E-state index is 0.651. The average molecular weight is 352 g/mol. The van der Waals surface area contributed by atoms with Gasteiger partial charge in [-0.25, -0.2) is 9.98 Å². The number of nitrogens with zero attached hydrogens (tertiary/aromatic N) is 3. The largest absolute Gasteiger partial charge is 0.357 e. The van der Waals surface area contributed by atoms with Crippen LogP contribution in [0.2, 0.25) is 0 Å². The quantitative estimate of drug-likeness (QED) is 0.429. The first kappa shape index (κ1) is 19.2. The van der Waals surface area contributed by atoms with Gasteiger partial charge in [0.1, 0.15) is 0 Å². The molecule has 0 amide bonds. The first-order valence-electron chi connectivity index (χ1n) is 9.49. The summed E-state index contributed by atoms with van der Waals surface area (Å²) in [5.74, 6) is 0.902. The van der Waals surface area contributed by atoms with Crippen LogP contribution in [0.4, 0.5) is 0 Å². The molecule has 5 nitrogen and oxygen atoms in total. The monoisotopic (exact) mass is 351 g/mol. The predicted octanol–water partition coefficient (Wildman–Crippen LogP) is 3.03. The van der Waals surface area contributed by atoms with Crippen molar-refractivity contribution in [3.63, 3.8) is 0 Å². The molecule has 0 bridgehead atoms. The topological polar surface area (TPSA) is 52.6 Å².